The van der Waals surface area contributed by atoms with Gasteiger partial charge in [-0.3, -0.25) is 0 Å². The Morgan fingerprint density at radius 1 is 1.25 bits per heavy atom. The summed E-state index contributed by atoms with van der Waals surface area (Å²) in [7, 11) is 0. The molecule has 0 spiro atoms. The maximum atomic E-state index is 2.50. The summed E-state index contributed by atoms with van der Waals surface area (Å²) >= 11 is -0.877. The Bertz CT molecular complexity index is 61.3. The normalized spacial score (nSPS) is 12.8. The molecule has 49 valence electrons. The zero-order valence-electron chi connectivity index (χ0n) is 6.71. The first-order valence-electron chi connectivity index (χ1n) is 3.31. The summed E-state index contributed by atoms with van der Waals surface area (Å²) in [6, 6.07) is 0. The number of rotatable bonds is 1. The quantitative estimate of drug-likeness (QED) is 0.596. The zero-order valence-corrected chi connectivity index (χ0v) is 9.56. The van der Waals surface area contributed by atoms with Crippen LogP contribution in [0.3, 0.4) is 0 Å². The fraction of sp³-hybridized carbons (Fsp3) is 1.00. The Hall–Kier alpha value is 0.799. The van der Waals surface area contributed by atoms with Gasteiger partial charge in [0.2, 0.25) is 0 Å². The molecule has 0 aliphatic rings. The first-order valence-corrected chi connectivity index (χ1v) is 9.61. The molecule has 1 radical (unpaired) electrons. The van der Waals surface area contributed by atoms with E-state index in [1.54, 1.807) is 0 Å². The third-order valence-corrected chi connectivity index (χ3v) is 12.1. The van der Waals surface area contributed by atoms with Crippen molar-refractivity contribution in [2.75, 3.05) is 0 Å². The molecule has 0 aromatic carbocycles. The van der Waals surface area contributed by atoms with Gasteiger partial charge in [0.15, 0.2) is 0 Å². The van der Waals surface area contributed by atoms with Crippen molar-refractivity contribution in [3.8, 4) is 0 Å². The minimum atomic E-state index is -0.877. The number of hydrogen-bond acceptors (Lipinski definition) is 0. The Morgan fingerprint density at radius 3 is 1.62 bits per heavy atom. The van der Waals surface area contributed by atoms with Gasteiger partial charge in [0.25, 0.3) is 0 Å². The molecule has 0 aliphatic heterocycles. The molecule has 0 saturated carbocycles. The Morgan fingerprint density at radius 2 is 1.62 bits per heavy atom. The SMILES string of the molecule is C[CH2][Sn]([CH3])[C](C)(C)C. The third-order valence-electron chi connectivity index (χ3n) is 1.81. The predicted octanol–water partition coefficient (Wildman–Crippen LogP) is 2.93. The molecule has 0 unspecified atom stereocenters. The third kappa shape index (κ3) is 2.95. The van der Waals surface area contributed by atoms with E-state index >= 15 is 0 Å². The van der Waals surface area contributed by atoms with Gasteiger partial charge in [-0.2, -0.15) is 0 Å². The van der Waals surface area contributed by atoms with Crippen LogP contribution in [-0.4, -0.2) is 19.8 Å². The monoisotopic (exact) mass is 221 g/mol. The molecule has 0 atom stereocenters. The average molecular weight is 220 g/mol. The summed E-state index contributed by atoms with van der Waals surface area (Å²) in [5, 5.41) is 0. The van der Waals surface area contributed by atoms with Crippen molar-refractivity contribution in [3.63, 3.8) is 0 Å². The van der Waals surface area contributed by atoms with Gasteiger partial charge < -0.3 is 0 Å². The van der Waals surface area contributed by atoms with Gasteiger partial charge in [0.1, 0.15) is 0 Å². The van der Waals surface area contributed by atoms with E-state index in [1.165, 1.54) is 4.44 Å². The predicted molar refractivity (Wildman–Crippen MR) is 41.8 cm³/mol. The van der Waals surface area contributed by atoms with Crippen LogP contribution < -0.4 is 0 Å². The Balaban J connectivity index is 3.62. The Labute approximate surface area is 60.4 Å². The van der Waals surface area contributed by atoms with Crippen molar-refractivity contribution < 1.29 is 0 Å². The van der Waals surface area contributed by atoms with E-state index in [-0.39, 0.29) is 0 Å². The summed E-state index contributed by atoms with van der Waals surface area (Å²) in [6.45, 7) is 9.47. The summed E-state index contributed by atoms with van der Waals surface area (Å²) in [4.78, 5) is 2.50. The van der Waals surface area contributed by atoms with Crippen molar-refractivity contribution in [1.29, 1.82) is 0 Å². The van der Waals surface area contributed by atoms with Crippen LogP contribution in [0, 0.1) is 0 Å². The van der Waals surface area contributed by atoms with Gasteiger partial charge in [0.05, 0.1) is 0 Å². The maximum absolute atomic E-state index is 2.50. The van der Waals surface area contributed by atoms with E-state index in [1.807, 2.05) is 0 Å². The molecule has 8 heavy (non-hydrogen) atoms. The summed E-state index contributed by atoms with van der Waals surface area (Å²) in [5.41, 5.74) is 0. The zero-order chi connectivity index (χ0) is 6.78. The second-order valence-electron chi connectivity index (χ2n) is 3.38. The van der Waals surface area contributed by atoms with Crippen LogP contribution in [0.15, 0.2) is 0 Å². The summed E-state index contributed by atoms with van der Waals surface area (Å²) < 4.78 is 2.20. The van der Waals surface area contributed by atoms with Crippen LogP contribution in [0.5, 0.6) is 0 Å². The van der Waals surface area contributed by atoms with Crippen molar-refractivity contribution in [1.82, 2.24) is 0 Å². The van der Waals surface area contributed by atoms with Crippen molar-refractivity contribution in [2.24, 2.45) is 0 Å². The topological polar surface area (TPSA) is 0 Å². The fourth-order valence-electron chi connectivity index (χ4n) is 0.530. The van der Waals surface area contributed by atoms with Crippen LogP contribution in [0.4, 0.5) is 0 Å². The van der Waals surface area contributed by atoms with Crippen LogP contribution in [-0.2, 0) is 0 Å². The van der Waals surface area contributed by atoms with E-state index in [4.69, 9.17) is 0 Å². The van der Waals surface area contributed by atoms with E-state index in [9.17, 15) is 0 Å². The van der Waals surface area contributed by atoms with Crippen LogP contribution >= 0.6 is 0 Å². The van der Waals surface area contributed by atoms with Crippen LogP contribution in [0.2, 0.25) is 12.8 Å². The molecule has 0 nitrogen and oxygen atoms in total. The minimum absolute atomic E-state index is 0.705. The molecule has 0 fully saturated rings. The van der Waals surface area contributed by atoms with E-state index in [0.29, 0.717) is 3.43 Å². The van der Waals surface area contributed by atoms with E-state index in [2.05, 4.69) is 32.6 Å². The van der Waals surface area contributed by atoms with E-state index < -0.39 is 19.8 Å². The van der Waals surface area contributed by atoms with Gasteiger partial charge in [-0.25, -0.2) is 0 Å². The van der Waals surface area contributed by atoms with Crippen molar-refractivity contribution >= 4 is 19.8 Å². The van der Waals surface area contributed by atoms with Crippen molar-refractivity contribution in [3.05, 3.63) is 0 Å². The molecule has 0 N–H and O–H groups in total. The van der Waals surface area contributed by atoms with Gasteiger partial charge >= 0.3 is 60.3 Å². The molecule has 0 amide bonds. The number of hydrogen-bond donors (Lipinski definition) is 0. The first kappa shape index (κ1) is 8.80. The van der Waals surface area contributed by atoms with Crippen molar-refractivity contribution in [2.45, 2.75) is 40.5 Å². The molecule has 0 aliphatic carbocycles. The van der Waals surface area contributed by atoms with Gasteiger partial charge in [0, 0.05) is 0 Å². The molecule has 0 aromatic rings. The summed E-state index contributed by atoms with van der Waals surface area (Å²) in [5.74, 6) is 0. The standard InChI is InChI=1S/C4H9.C2H5.CH3.Sn/c1-4(2)3;1-2;;/h1-3H3;1H2,2H3;1H3;. The van der Waals surface area contributed by atoms with E-state index in [0.717, 1.165) is 0 Å². The molecule has 0 heterocycles. The average Bonchev–Trinajstić information content (AvgIpc) is 1.62. The fourth-order valence-corrected chi connectivity index (χ4v) is 3.56. The molecular weight excluding hydrogens is 203 g/mol. The summed E-state index contributed by atoms with van der Waals surface area (Å²) in [6.07, 6.45) is 0. The molecular formula is C7H17Sn. The van der Waals surface area contributed by atoms with Crippen LogP contribution in [0.1, 0.15) is 27.7 Å². The first-order chi connectivity index (χ1) is 3.48. The molecule has 1 heteroatoms. The second kappa shape index (κ2) is 3.09. The van der Waals surface area contributed by atoms with Gasteiger partial charge in [-0.1, -0.05) is 0 Å². The molecule has 0 saturated heterocycles. The van der Waals surface area contributed by atoms with Gasteiger partial charge in [-0.15, -0.1) is 0 Å². The second-order valence-corrected chi connectivity index (χ2v) is 14.1. The van der Waals surface area contributed by atoms with Crippen LogP contribution in [0.25, 0.3) is 0 Å². The molecule has 0 aromatic heterocycles. The molecule has 0 rings (SSSR count). The Kier molecular flexibility index (Phi) is 3.40. The molecule has 0 bridgehead atoms. The van der Waals surface area contributed by atoms with Gasteiger partial charge in [-0.05, 0) is 0 Å².